The number of hydrogen-bond acceptors (Lipinski definition) is 2. The number of rotatable bonds is 6. The predicted molar refractivity (Wildman–Crippen MR) is 254 cm³/mol. The number of hydrogen-bond donors (Lipinski definition) is 0. The molecule has 10 aromatic carbocycles. The van der Waals surface area contributed by atoms with Gasteiger partial charge in [0.1, 0.15) is 0 Å². The third kappa shape index (κ3) is 5.40. The van der Waals surface area contributed by atoms with E-state index in [2.05, 4.69) is 228 Å². The van der Waals surface area contributed by atoms with Crippen molar-refractivity contribution >= 4 is 91.9 Å². The summed E-state index contributed by atoms with van der Waals surface area (Å²) in [6, 6.07) is 79.7. The lowest BCUT2D eigenvalue weighted by Gasteiger charge is -2.27. The molecule has 3 heteroatoms. The number of aromatic nitrogens is 1. The molecule has 0 atom stereocenters. The summed E-state index contributed by atoms with van der Waals surface area (Å²) >= 11 is 1.91. The number of para-hydroxylation sites is 2. The number of fused-ring (bicyclic) bond motifs is 11. The topological polar surface area (TPSA) is 8.17 Å². The van der Waals surface area contributed by atoms with Crippen molar-refractivity contribution in [3.8, 4) is 27.9 Å². The fourth-order valence-corrected chi connectivity index (χ4v) is 10.5. The molecule has 2 aromatic heterocycles. The van der Waals surface area contributed by atoms with Crippen LogP contribution in [-0.4, -0.2) is 4.57 Å². The maximum absolute atomic E-state index is 2.50. The summed E-state index contributed by atoms with van der Waals surface area (Å²) < 4.78 is 5.13. The van der Waals surface area contributed by atoms with Crippen LogP contribution in [0.2, 0.25) is 0 Å². The normalized spacial score (nSPS) is 11.7. The molecule has 12 aromatic rings. The highest BCUT2D eigenvalue weighted by Gasteiger charge is 2.23. The molecule has 0 N–H and O–H groups in total. The molecule has 0 fully saturated rings. The van der Waals surface area contributed by atoms with E-state index in [-0.39, 0.29) is 0 Å². The summed E-state index contributed by atoms with van der Waals surface area (Å²) in [6.07, 6.45) is 0. The van der Waals surface area contributed by atoms with E-state index in [0.29, 0.717) is 0 Å². The molecule has 0 saturated heterocycles. The van der Waals surface area contributed by atoms with E-state index in [1.807, 2.05) is 11.3 Å². The first-order valence-corrected chi connectivity index (χ1v) is 21.0. The van der Waals surface area contributed by atoms with Crippen LogP contribution in [0.5, 0.6) is 0 Å². The number of benzene rings is 10. The summed E-state index contributed by atoms with van der Waals surface area (Å²) in [7, 11) is 0. The van der Waals surface area contributed by atoms with Crippen LogP contribution in [0.25, 0.3) is 91.5 Å². The quantitative estimate of drug-likeness (QED) is 0.164. The van der Waals surface area contributed by atoms with Crippen molar-refractivity contribution in [1.82, 2.24) is 4.57 Å². The molecule has 0 aliphatic heterocycles. The molecule has 276 valence electrons. The van der Waals surface area contributed by atoms with Crippen molar-refractivity contribution < 1.29 is 0 Å². The maximum Gasteiger partial charge on any atom is 0.0626 e. The minimum Gasteiger partial charge on any atom is -0.310 e. The molecule has 0 bridgehead atoms. The summed E-state index contributed by atoms with van der Waals surface area (Å²) in [5, 5.41) is 10.2. The molecule has 2 heterocycles. The Labute approximate surface area is 346 Å². The lowest BCUT2D eigenvalue weighted by Crippen LogP contribution is -2.10. The van der Waals surface area contributed by atoms with Gasteiger partial charge in [0.2, 0.25) is 0 Å². The van der Waals surface area contributed by atoms with Crippen molar-refractivity contribution in [3.63, 3.8) is 0 Å². The third-order valence-electron chi connectivity index (χ3n) is 11.9. The molecule has 0 aliphatic rings. The van der Waals surface area contributed by atoms with Crippen LogP contribution < -0.4 is 4.90 Å². The third-order valence-corrected chi connectivity index (χ3v) is 13.1. The molecule has 0 spiro atoms. The van der Waals surface area contributed by atoms with Crippen LogP contribution in [-0.2, 0) is 0 Å². The Morgan fingerprint density at radius 3 is 1.76 bits per heavy atom. The minimum atomic E-state index is 1.12. The highest BCUT2D eigenvalue weighted by atomic mass is 32.1. The van der Waals surface area contributed by atoms with E-state index in [4.69, 9.17) is 0 Å². The molecule has 0 radical (unpaired) electrons. The fourth-order valence-electron chi connectivity index (χ4n) is 9.26. The van der Waals surface area contributed by atoms with Gasteiger partial charge >= 0.3 is 0 Å². The standard InChI is InChI=1S/C56H36N2S/c1-4-15-37(16-5-1)41-29-33-48-51(36-41)58(43-21-8-3-9-22-43)55-46-24-12-13-25-47(46)56-54(53(48)55)49-35-40(30-34-52(49)59-56)38-27-31-44(32-28-38)57(42-19-6-2-7-20-42)50-26-14-18-39-17-10-11-23-45(39)50/h1-36H. The van der Waals surface area contributed by atoms with Gasteiger partial charge in [-0.2, -0.15) is 0 Å². The highest BCUT2D eigenvalue weighted by molar-refractivity contribution is 7.27. The summed E-state index contributed by atoms with van der Waals surface area (Å²) in [6.45, 7) is 0. The largest absolute Gasteiger partial charge is 0.310 e. The van der Waals surface area contributed by atoms with Gasteiger partial charge in [-0.15, -0.1) is 11.3 Å². The van der Waals surface area contributed by atoms with Gasteiger partial charge in [-0.25, -0.2) is 0 Å². The maximum atomic E-state index is 2.50. The minimum absolute atomic E-state index is 1.12. The van der Waals surface area contributed by atoms with Crippen molar-refractivity contribution in [3.05, 3.63) is 218 Å². The van der Waals surface area contributed by atoms with Crippen LogP contribution in [0.3, 0.4) is 0 Å². The van der Waals surface area contributed by atoms with Gasteiger partial charge in [0.25, 0.3) is 0 Å². The van der Waals surface area contributed by atoms with Gasteiger partial charge in [-0.1, -0.05) is 158 Å². The smallest absolute Gasteiger partial charge is 0.0626 e. The van der Waals surface area contributed by atoms with E-state index >= 15 is 0 Å². The molecule has 2 nitrogen and oxygen atoms in total. The zero-order valence-electron chi connectivity index (χ0n) is 32.1. The Kier molecular flexibility index (Phi) is 7.75. The Bertz CT molecular complexity index is 3520. The molecule has 0 saturated carbocycles. The number of nitrogens with zero attached hydrogens (tertiary/aromatic N) is 2. The van der Waals surface area contributed by atoms with Crippen LogP contribution in [0.15, 0.2) is 218 Å². The van der Waals surface area contributed by atoms with Crippen molar-refractivity contribution in [2.45, 2.75) is 0 Å². The van der Waals surface area contributed by atoms with Gasteiger partial charge in [-0.3, -0.25) is 0 Å². The van der Waals surface area contributed by atoms with E-state index in [9.17, 15) is 0 Å². The summed E-state index contributed by atoms with van der Waals surface area (Å²) in [5.41, 5.74) is 11.9. The van der Waals surface area contributed by atoms with Crippen LogP contribution in [0.1, 0.15) is 0 Å². The van der Waals surface area contributed by atoms with Crippen LogP contribution in [0.4, 0.5) is 17.1 Å². The zero-order valence-corrected chi connectivity index (χ0v) is 32.9. The first kappa shape index (κ1) is 33.7. The highest BCUT2D eigenvalue weighted by Crippen LogP contribution is 2.49. The number of thiophene rings is 1. The second-order valence-electron chi connectivity index (χ2n) is 15.3. The average molecular weight is 769 g/mol. The van der Waals surface area contributed by atoms with Gasteiger partial charge in [0.05, 0.1) is 16.7 Å². The van der Waals surface area contributed by atoms with Gasteiger partial charge in [-0.05, 0) is 88.3 Å². The molecule has 0 amide bonds. The fraction of sp³-hybridized carbons (Fsp3) is 0. The van der Waals surface area contributed by atoms with E-state index in [1.165, 1.54) is 85.8 Å². The van der Waals surface area contributed by atoms with Gasteiger partial charge in [0.15, 0.2) is 0 Å². The van der Waals surface area contributed by atoms with Crippen molar-refractivity contribution in [2.75, 3.05) is 4.90 Å². The molecule has 12 rings (SSSR count). The van der Waals surface area contributed by atoms with Gasteiger partial charge in [0, 0.05) is 64.2 Å². The van der Waals surface area contributed by atoms with Crippen LogP contribution >= 0.6 is 11.3 Å². The molecule has 0 aliphatic carbocycles. The zero-order chi connectivity index (χ0) is 38.9. The lowest BCUT2D eigenvalue weighted by atomic mass is 9.97. The molecular weight excluding hydrogens is 733 g/mol. The summed E-state index contributed by atoms with van der Waals surface area (Å²) in [4.78, 5) is 2.37. The van der Waals surface area contributed by atoms with Gasteiger partial charge < -0.3 is 9.47 Å². The monoisotopic (exact) mass is 768 g/mol. The van der Waals surface area contributed by atoms with Crippen molar-refractivity contribution in [1.29, 1.82) is 0 Å². The van der Waals surface area contributed by atoms with Crippen LogP contribution in [0, 0.1) is 0 Å². The molecule has 59 heavy (non-hydrogen) atoms. The van der Waals surface area contributed by atoms with E-state index < -0.39 is 0 Å². The Balaban J connectivity index is 1.08. The Hall–Kier alpha value is -7.46. The molecular formula is C56H36N2S. The predicted octanol–water partition coefficient (Wildman–Crippen LogP) is 16.3. The first-order valence-electron chi connectivity index (χ1n) is 20.2. The SMILES string of the molecule is c1ccc(-c2ccc3c4c5c6cc(-c7ccc(N(c8ccccc8)c8cccc9ccccc89)cc7)ccc6sc5c5ccccc5c4n(-c4ccccc4)c3c2)cc1. The number of anilines is 3. The second kappa shape index (κ2) is 13.6. The average Bonchev–Trinajstić information content (AvgIpc) is 3.86. The first-order chi connectivity index (χ1) is 29.3. The Morgan fingerprint density at radius 2 is 0.966 bits per heavy atom. The molecule has 0 unspecified atom stereocenters. The Morgan fingerprint density at radius 1 is 0.373 bits per heavy atom. The van der Waals surface area contributed by atoms with Crippen molar-refractivity contribution in [2.24, 2.45) is 0 Å². The van der Waals surface area contributed by atoms with E-state index in [1.54, 1.807) is 0 Å². The summed E-state index contributed by atoms with van der Waals surface area (Å²) in [5.74, 6) is 0. The second-order valence-corrected chi connectivity index (χ2v) is 16.3. The lowest BCUT2D eigenvalue weighted by molar-refractivity contribution is 1.19. The van der Waals surface area contributed by atoms with E-state index in [0.717, 1.165) is 22.7 Å².